The van der Waals surface area contributed by atoms with E-state index >= 15 is 0 Å². The lowest BCUT2D eigenvalue weighted by Gasteiger charge is -2.35. The summed E-state index contributed by atoms with van der Waals surface area (Å²) in [6.07, 6.45) is -3.55. The number of amides is 1. The molecule has 2 aromatic rings. The molecule has 0 aromatic heterocycles. The first-order valence-electron chi connectivity index (χ1n) is 9.12. The van der Waals surface area contributed by atoms with E-state index in [0.29, 0.717) is 5.56 Å². The molecule has 0 aliphatic heterocycles. The average Bonchev–Trinajstić information content (AvgIpc) is 2.68. The van der Waals surface area contributed by atoms with Crippen LogP contribution in [-0.2, 0) is 24.1 Å². The Morgan fingerprint density at radius 1 is 1.07 bits per heavy atom. The van der Waals surface area contributed by atoms with Gasteiger partial charge in [-0.05, 0) is 49.6 Å². The number of rotatable bonds is 6. The maximum Gasteiger partial charge on any atom is 0.416 e. The first kappa shape index (κ1) is 23.2. The van der Waals surface area contributed by atoms with Crippen LogP contribution in [0, 0.1) is 0 Å². The summed E-state index contributed by atoms with van der Waals surface area (Å²) in [5.74, 6) is 0. The Hall–Kier alpha value is -3.07. The van der Waals surface area contributed by atoms with E-state index in [0.717, 1.165) is 23.3 Å². The van der Waals surface area contributed by atoms with Gasteiger partial charge in [0.15, 0.2) is 0 Å². The minimum atomic E-state index is -4.41. The summed E-state index contributed by atoms with van der Waals surface area (Å²) in [4.78, 5) is 14.2. The van der Waals surface area contributed by atoms with Gasteiger partial charge in [-0.1, -0.05) is 36.4 Å². The van der Waals surface area contributed by atoms with E-state index in [9.17, 15) is 18.0 Å². The Bertz CT molecular complexity index is 858. The van der Waals surface area contributed by atoms with E-state index in [2.05, 4.69) is 5.10 Å². The van der Waals surface area contributed by atoms with Crippen LogP contribution in [0.3, 0.4) is 0 Å². The third-order valence-electron chi connectivity index (χ3n) is 4.27. The SMILES string of the molecule is CC(C)(C)N(Cc1ccc(/C=N/NO)cc1)C(=O)OCc1ccc(C(F)(F)F)cc1. The van der Waals surface area contributed by atoms with Crippen molar-refractivity contribution in [1.29, 1.82) is 0 Å². The quantitative estimate of drug-likeness (QED) is 0.509. The second kappa shape index (κ2) is 9.62. The number of nitrogens with one attached hydrogen (secondary N) is 1. The monoisotopic (exact) mass is 423 g/mol. The molecule has 2 N–H and O–H groups in total. The van der Waals surface area contributed by atoms with Gasteiger partial charge < -0.3 is 4.74 Å². The fourth-order valence-corrected chi connectivity index (χ4v) is 2.58. The van der Waals surface area contributed by atoms with Crippen molar-refractivity contribution in [2.45, 2.75) is 45.6 Å². The van der Waals surface area contributed by atoms with Gasteiger partial charge in [0.25, 0.3) is 0 Å². The molecule has 0 atom stereocenters. The van der Waals surface area contributed by atoms with E-state index < -0.39 is 23.4 Å². The largest absolute Gasteiger partial charge is 0.445 e. The van der Waals surface area contributed by atoms with E-state index in [-0.39, 0.29) is 13.2 Å². The summed E-state index contributed by atoms with van der Waals surface area (Å²) in [5.41, 5.74) is 2.46. The third-order valence-corrected chi connectivity index (χ3v) is 4.27. The van der Waals surface area contributed by atoms with Gasteiger partial charge in [-0.3, -0.25) is 10.1 Å². The number of carbonyl (C=O) groups excluding carboxylic acids is 1. The fourth-order valence-electron chi connectivity index (χ4n) is 2.58. The number of ether oxygens (including phenoxy) is 1. The first-order valence-corrected chi connectivity index (χ1v) is 9.12. The molecule has 2 aromatic carbocycles. The van der Waals surface area contributed by atoms with Crippen molar-refractivity contribution in [1.82, 2.24) is 10.5 Å². The normalized spacial score (nSPS) is 12.1. The Kier molecular flexibility index (Phi) is 7.44. The average molecular weight is 423 g/mol. The van der Waals surface area contributed by atoms with Crippen LogP contribution in [0.1, 0.15) is 43.0 Å². The molecule has 2 rings (SSSR count). The van der Waals surface area contributed by atoms with Crippen molar-refractivity contribution in [3.8, 4) is 0 Å². The van der Waals surface area contributed by atoms with Crippen molar-refractivity contribution in [2.75, 3.05) is 0 Å². The number of halogens is 3. The third kappa shape index (κ3) is 6.77. The summed E-state index contributed by atoms with van der Waals surface area (Å²) in [6, 6.07) is 11.7. The molecule has 0 bridgehead atoms. The summed E-state index contributed by atoms with van der Waals surface area (Å²) in [7, 11) is 0. The molecule has 0 saturated carbocycles. The predicted octanol–water partition coefficient (Wildman–Crippen LogP) is 4.96. The lowest BCUT2D eigenvalue weighted by molar-refractivity contribution is -0.137. The zero-order valence-electron chi connectivity index (χ0n) is 16.9. The molecule has 6 nitrogen and oxygen atoms in total. The van der Waals surface area contributed by atoms with Gasteiger partial charge in [-0.25, -0.2) is 4.79 Å². The molecule has 0 radical (unpaired) electrons. The molecule has 0 aliphatic rings. The smallest absolute Gasteiger partial charge is 0.416 e. The molecule has 0 spiro atoms. The van der Waals surface area contributed by atoms with Crippen molar-refractivity contribution in [3.05, 3.63) is 70.8 Å². The van der Waals surface area contributed by atoms with E-state index in [4.69, 9.17) is 9.94 Å². The number of hydrazone groups is 1. The summed E-state index contributed by atoms with van der Waals surface area (Å²) in [5, 5.41) is 12.0. The van der Waals surface area contributed by atoms with Gasteiger partial charge in [0.05, 0.1) is 11.8 Å². The highest BCUT2D eigenvalue weighted by atomic mass is 19.4. The second-order valence-electron chi connectivity index (χ2n) is 7.61. The summed E-state index contributed by atoms with van der Waals surface area (Å²) < 4.78 is 43.3. The van der Waals surface area contributed by atoms with Gasteiger partial charge in [-0.2, -0.15) is 23.9 Å². The van der Waals surface area contributed by atoms with Crippen LogP contribution < -0.4 is 5.59 Å². The maximum absolute atomic E-state index is 12.7. The molecule has 0 aliphatic carbocycles. The van der Waals surface area contributed by atoms with Crippen LogP contribution >= 0.6 is 0 Å². The first-order chi connectivity index (χ1) is 14.0. The molecule has 1 amide bonds. The fraction of sp³-hybridized carbons (Fsp3) is 0.333. The lowest BCUT2D eigenvalue weighted by atomic mass is 10.0. The van der Waals surface area contributed by atoms with Crippen LogP contribution in [0.5, 0.6) is 0 Å². The number of benzene rings is 2. The highest BCUT2D eigenvalue weighted by molar-refractivity contribution is 5.79. The highest BCUT2D eigenvalue weighted by Gasteiger charge is 2.30. The number of nitrogens with zero attached hydrogens (tertiary/aromatic N) is 2. The van der Waals surface area contributed by atoms with Crippen LogP contribution in [-0.4, -0.2) is 28.0 Å². The molecular weight excluding hydrogens is 399 g/mol. The molecule has 30 heavy (non-hydrogen) atoms. The Morgan fingerprint density at radius 2 is 1.63 bits per heavy atom. The van der Waals surface area contributed by atoms with Gasteiger partial charge in [-0.15, -0.1) is 0 Å². The number of carbonyl (C=O) groups is 1. The minimum Gasteiger partial charge on any atom is -0.445 e. The Morgan fingerprint density at radius 3 is 2.13 bits per heavy atom. The summed E-state index contributed by atoms with van der Waals surface area (Å²) >= 11 is 0. The lowest BCUT2D eigenvalue weighted by Crippen LogP contribution is -2.45. The topological polar surface area (TPSA) is 74.2 Å². The minimum absolute atomic E-state index is 0.132. The van der Waals surface area contributed by atoms with Crippen LogP contribution in [0.4, 0.5) is 18.0 Å². The molecule has 0 unspecified atom stereocenters. The van der Waals surface area contributed by atoms with Gasteiger partial charge >= 0.3 is 12.3 Å². The van der Waals surface area contributed by atoms with E-state index in [1.807, 2.05) is 32.9 Å². The van der Waals surface area contributed by atoms with Gasteiger partial charge in [0, 0.05) is 12.1 Å². The van der Waals surface area contributed by atoms with Crippen molar-refractivity contribution in [3.63, 3.8) is 0 Å². The molecule has 9 heteroatoms. The van der Waals surface area contributed by atoms with E-state index in [1.165, 1.54) is 23.2 Å². The standard InChI is InChI=1S/C21H24F3N3O3/c1-20(2,3)27(13-16-6-4-15(5-7-16)12-25-26-29)19(28)30-14-17-8-10-18(11-9-17)21(22,23)24/h4-12,26,29H,13-14H2,1-3H3/b25-12+. The van der Waals surface area contributed by atoms with Crippen molar-refractivity contribution < 1.29 is 27.9 Å². The molecule has 162 valence electrons. The zero-order valence-corrected chi connectivity index (χ0v) is 16.9. The van der Waals surface area contributed by atoms with E-state index in [1.54, 1.807) is 17.7 Å². The number of hydrogen-bond acceptors (Lipinski definition) is 5. The molecular formula is C21H24F3N3O3. The number of alkyl halides is 3. The van der Waals surface area contributed by atoms with Crippen LogP contribution in [0.25, 0.3) is 0 Å². The Labute approximate surface area is 172 Å². The van der Waals surface area contributed by atoms with Crippen LogP contribution in [0.15, 0.2) is 53.6 Å². The van der Waals surface area contributed by atoms with Crippen molar-refractivity contribution in [2.24, 2.45) is 5.10 Å². The summed E-state index contributed by atoms with van der Waals surface area (Å²) in [6.45, 7) is 5.74. The maximum atomic E-state index is 12.7. The number of hydrogen-bond donors (Lipinski definition) is 2. The molecule has 0 heterocycles. The zero-order chi connectivity index (χ0) is 22.4. The second-order valence-corrected chi connectivity index (χ2v) is 7.61. The van der Waals surface area contributed by atoms with Crippen molar-refractivity contribution >= 4 is 12.3 Å². The Balaban J connectivity index is 2.04. The highest BCUT2D eigenvalue weighted by Crippen LogP contribution is 2.29. The molecule has 0 saturated heterocycles. The van der Waals surface area contributed by atoms with Gasteiger partial charge in [0.1, 0.15) is 6.61 Å². The molecule has 0 fully saturated rings. The van der Waals surface area contributed by atoms with Gasteiger partial charge in [0.2, 0.25) is 0 Å². The van der Waals surface area contributed by atoms with Crippen LogP contribution in [0.2, 0.25) is 0 Å². The predicted molar refractivity (Wildman–Crippen MR) is 106 cm³/mol.